The Kier molecular flexibility index (Phi) is 8.81. The van der Waals surface area contributed by atoms with Crippen molar-refractivity contribution >= 4 is 28.7 Å². The third kappa shape index (κ3) is 7.19. The van der Waals surface area contributed by atoms with Crippen LogP contribution in [0, 0.1) is 19.0 Å². The second-order valence-electron chi connectivity index (χ2n) is 15.0. The summed E-state index contributed by atoms with van der Waals surface area (Å²) in [7, 11) is 0. The minimum Gasteiger partial charge on any atom is 0 e. The third-order valence-electron chi connectivity index (χ3n) is 10.1. The Hall–Kier alpha value is -4.87. The molecule has 0 saturated heterocycles. The van der Waals surface area contributed by atoms with E-state index in [-0.39, 0.29) is 43.2 Å². The van der Waals surface area contributed by atoms with E-state index in [1.165, 1.54) is 43.8 Å². The van der Waals surface area contributed by atoms with Crippen molar-refractivity contribution in [3.05, 3.63) is 181 Å². The predicted octanol–water partition coefficient (Wildman–Crippen LogP) is 11.9. The van der Waals surface area contributed by atoms with Gasteiger partial charge in [0.15, 0.2) is 0 Å². The van der Waals surface area contributed by atoms with Crippen LogP contribution in [-0.2, 0) is 25.5 Å². The summed E-state index contributed by atoms with van der Waals surface area (Å²) < 4.78 is 41.4. The van der Waals surface area contributed by atoms with Crippen molar-refractivity contribution in [3.63, 3.8) is 0 Å². The summed E-state index contributed by atoms with van der Waals surface area (Å²) in [5, 5.41) is 0. The first-order valence-corrected chi connectivity index (χ1v) is 25.3. The Morgan fingerprint density at radius 2 is 1.44 bits per heavy atom. The Balaban J connectivity index is 0.000000199. The van der Waals surface area contributed by atoms with Crippen LogP contribution in [0.4, 0.5) is 0 Å². The van der Waals surface area contributed by atoms with Crippen molar-refractivity contribution < 1.29 is 27.0 Å². The summed E-state index contributed by atoms with van der Waals surface area (Å²) in [5.74, 6) is 7.74. The van der Waals surface area contributed by atoms with Crippen LogP contribution in [0.25, 0.3) is 61.6 Å². The molecule has 0 bridgehead atoms. The molecule has 0 amide bonds. The quantitative estimate of drug-likeness (QED) is 0.127. The molecule has 0 atom stereocenters. The Bertz CT molecular complexity index is 2770. The fourth-order valence-corrected chi connectivity index (χ4v) is 9.32. The van der Waals surface area contributed by atoms with Gasteiger partial charge < -0.3 is 4.57 Å². The van der Waals surface area contributed by atoms with E-state index in [0.717, 1.165) is 28.1 Å². The zero-order chi connectivity index (χ0) is 41.0. The molecule has 5 heteroatoms. The molecule has 0 N–H and O–H groups in total. The summed E-state index contributed by atoms with van der Waals surface area (Å²) in [6.07, 6.45) is 1.84. The Morgan fingerprint density at radius 3 is 2.17 bits per heavy atom. The first kappa shape index (κ1) is 31.5. The molecule has 2 aromatic heterocycles. The molecule has 1 radical (unpaired) electrons. The maximum atomic E-state index is 7.88. The summed E-state index contributed by atoms with van der Waals surface area (Å²) in [6, 6.07) is 52.0. The first-order chi connectivity index (χ1) is 27.6. The van der Waals surface area contributed by atoms with Gasteiger partial charge in [-0.2, -0.15) is 0 Å². The fourth-order valence-electron chi connectivity index (χ4n) is 7.15. The van der Waals surface area contributed by atoms with Crippen LogP contribution >= 0.6 is 0 Å². The van der Waals surface area contributed by atoms with Crippen LogP contribution in [0.1, 0.15) is 37.4 Å². The van der Waals surface area contributed by atoms with Crippen molar-refractivity contribution in [1.82, 2.24) is 14.5 Å². The van der Waals surface area contributed by atoms with Crippen molar-refractivity contribution in [2.75, 3.05) is 0 Å². The smallest absolute Gasteiger partial charge is 0 e. The molecular weight excluding hydrogens is 895 g/mol. The number of fused-ring (bicyclic) bond motifs is 4. The standard InChI is InChI=1S/C34H25N2.C15H18GeN.Ir/c1-34(2)29-13-7-6-12-27(29)28-22-25(18-21-30(28)34)33-35-31-14-8-9-15-32(31)36(33)26-19-16-24(17-20-26)23-10-4-3-5-11-23;1-12-5-7-13(8-6-12)15-10-9-14(11-17-15)16(2,3)4;/h3-17,19-22H,1-2H3;5-7,9-11H,1-4H3;/q2*-1;/i;1D3,5D,6D;. The second kappa shape index (κ2) is 15.1. The van der Waals surface area contributed by atoms with Gasteiger partial charge >= 0.3 is 113 Å². The van der Waals surface area contributed by atoms with E-state index in [1.54, 1.807) is 0 Å². The number of rotatable bonds is 5. The zero-order valence-electron chi connectivity index (χ0n) is 36.0. The van der Waals surface area contributed by atoms with Crippen LogP contribution < -0.4 is 4.40 Å². The van der Waals surface area contributed by atoms with E-state index in [1.807, 2.05) is 24.4 Å². The molecule has 3 nitrogen and oxygen atoms in total. The van der Waals surface area contributed by atoms with Crippen molar-refractivity contribution in [1.29, 1.82) is 0 Å². The molecule has 1 aliphatic rings. The molecule has 1 aliphatic carbocycles. The molecule has 8 aromatic rings. The molecule has 0 fully saturated rings. The number of aromatic nitrogens is 3. The third-order valence-corrected chi connectivity index (χ3v) is 14.4. The van der Waals surface area contributed by atoms with E-state index in [9.17, 15) is 0 Å². The van der Waals surface area contributed by atoms with E-state index >= 15 is 0 Å². The Morgan fingerprint density at radius 1 is 0.722 bits per heavy atom. The molecule has 0 aliphatic heterocycles. The topological polar surface area (TPSA) is 30.7 Å². The van der Waals surface area contributed by atoms with E-state index in [4.69, 9.17) is 11.8 Å². The average Bonchev–Trinajstić information content (AvgIpc) is 3.70. The van der Waals surface area contributed by atoms with Gasteiger partial charge in [0.05, 0.1) is 16.9 Å². The summed E-state index contributed by atoms with van der Waals surface area (Å²) in [5.41, 5.74) is 12.7. The fraction of sp³-hybridized carbons (Fsp3) is 0.143. The van der Waals surface area contributed by atoms with E-state index in [2.05, 4.69) is 162 Å². The number of pyridine rings is 1. The van der Waals surface area contributed by atoms with E-state index in [0.29, 0.717) is 11.3 Å². The van der Waals surface area contributed by atoms with Crippen molar-refractivity contribution in [3.8, 4) is 50.6 Å². The minimum atomic E-state index is -2.47. The largest absolute Gasteiger partial charge is 0 e. The first-order valence-electron chi connectivity index (χ1n) is 20.4. The molecular formula is C49H43GeIrN3-2. The van der Waals surface area contributed by atoms with Gasteiger partial charge in [-0.15, -0.1) is 29.3 Å². The molecule has 0 unspecified atom stereocenters. The minimum absolute atomic E-state index is 0. The van der Waals surface area contributed by atoms with E-state index < -0.39 is 20.1 Å². The number of hydrogen-bond donors (Lipinski definition) is 0. The number of hydrogen-bond acceptors (Lipinski definition) is 2. The number of para-hydroxylation sites is 2. The maximum Gasteiger partial charge on any atom is 0 e. The molecule has 0 spiro atoms. The molecule has 2 heterocycles. The van der Waals surface area contributed by atoms with Crippen molar-refractivity contribution in [2.24, 2.45) is 0 Å². The van der Waals surface area contributed by atoms with Gasteiger partial charge in [0.1, 0.15) is 0 Å². The van der Waals surface area contributed by atoms with Gasteiger partial charge in [0.2, 0.25) is 0 Å². The van der Waals surface area contributed by atoms with Gasteiger partial charge in [-0.1, -0.05) is 98.3 Å². The average molecular weight is 944 g/mol. The van der Waals surface area contributed by atoms with Crippen LogP contribution in [0.3, 0.4) is 0 Å². The van der Waals surface area contributed by atoms with Crippen LogP contribution in [0.2, 0.25) is 17.3 Å². The van der Waals surface area contributed by atoms with Gasteiger partial charge in [-0.05, 0) is 51.9 Å². The molecule has 6 aromatic carbocycles. The molecule has 269 valence electrons. The molecule has 0 saturated carbocycles. The van der Waals surface area contributed by atoms with Gasteiger partial charge in [0.25, 0.3) is 0 Å². The Labute approximate surface area is 342 Å². The van der Waals surface area contributed by atoms with Crippen LogP contribution in [0.15, 0.2) is 152 Å². The van der Waals surface area contributed by atoms with Crippen molar-refractivity contribution in [2.45, 2.75) is 43.4 Å². The van der Waals surface area contributed by atoms with Gasteiger partial charge in [-0.25, -0.2) is 0 Å². The zero-order valence-corrected chi connectivity index (χ0v) is 35.4. The molecule has 9 rings (SSSR count). The maximum absolute atomic E-state index is 7.88. The normalized spacial score (nSPS) is 14.2. The second-order valence-corrected chi connectivity index (χ2v) is 25.7. The van der Waals surface area contributed by atoms with Gasteiger partial charge in [0, 0.05) is 25.8 Å². The number of benzene rings is 6. The number of nitrogens with zero attached hydrogens (tertiary/aromatic N) is 3. The monoisotopic (exact) mass is 945 g/mol. The van der Waals surface area contributed by atoms with Gasteiger partial charge in [-0.3, -0.25) is 4.98 Å². The number of imidazole rings is 1. The summed E-state index contributed by atoms with van der Waals surface area (Å²) >= 11 is -1.93. The predicted molar refractivity (Wildman–Crippen MR) is 225 cm³/mol. The van der Waals surface area contributed by atoms with Crippen LogP contribution in [0.5, 0.6) is 0 Å². The summed E-state index contributed by atoms with van der Waals surface area (Å²) in [6.45, 7) is 2.13. The molecule has 54 heavy (non-hydrogen) atoms. The SMILES string of the molecule is CC1(C)c2c[c-]c(-c3nc4ccccc4n3-c3ccc(-c4ccccc4)cc3)cc2-c2ccccc21.[2H]c1[c-]c(-c2cc[c]([Ge]([CH3])([CH3])[CH3])cn2)cc([2H])c1C([2H])([2H])[2H].[Ir]. The summed E-state index contributed by atoms with van der Waals surface area (Å²) in [4.78, 5) is 9.49. The van der Waals surface area contributed by atoms with Crippen LogP contribution in [-0.4, -0.2) is 27.8 Å².